The van der Waals surface area contributed by atoms with Crippen molar-refractivity contribution in [2.45, 2.75) is 12.8 Å². The molecule has 2 unspecified atom stereocenters. The summed E-state index contributed by atoms with van der Waals surface area (Å²) >= 11 is 5.74. The van der Waals surface area contributed by atoms with Gasteiger partial charge in [-0.2, -0.15) is 0 Å². The molecule has 0 aliphatic heterocycles. The third-order valence-electron chi connectivity index (χ3n) is 2.39. The molecule has 0 bridgehead atoms. The van der Waals surface area contributed by atoms with Crippen LogP contribution in [0.15, 0.2) is 36.9 Å². The molecule has 1 aromatic rings. The van der Waals surface area contributed by atoms with Crippen molar-refractivity contribution in [1.29, 1.82) is 0 Å². The van der Waals surface area contributed by atoms with Gasteiger partial charge in [0.25, 0.3) is 0 Å². The van der Waals surface area contributed by atoms with Crippen molar-refractivity contribution in [2.75, 3.05) is 0 Å². The highest BCUT2D eigenvalue weighted by atomic mass is 35.5. The van der Waals surface area contributed by atoms with Gasteiger partial charge in [0.15, 0.2) is 0 Å². The summed E-state index contributed by atoms with van der Waals surface area (Å²) in [6, 6.07) is 6.87. The molecular weight excluding hydrogens is 212 g/mol. The van der Waals surface area contributed by atoms with E-state index >= 15 is 0 Å². The molecule has 0 amide bonds. The lowest BCUT2D eigenvalue weighted by atomic mass is 9.87. The number of halogens is 1. The van der Waals surface area contributed by atoms with E-state index in [0.717, 1.165) is 5.56 Å². The number of hydrogen-bond acceptors (Lipinski definition) is 1. The highest BCUT2D eigenvalue weighted by molar-refractivity contribution is 6.30. The number of rotatable bonds is 4. The zero-order valence-corrected chi connectivity index (χ0v) is 9.24. The van der Waals surface area contributed by atoms with Gasteiger partial charge in [-0.05, 0) is 23.6 Å². The first-order chi connectivity index (χ1) is 7.06. The molecule has 0 saturated heterocycles. The lowest BCUT2D eigenvalue weighted by Gasteiger charge is -2.17. The average molecular weight is 225 g/mol. The fraction of sp³-hybridized carbons (Fsp3) is 0.250. The summed E-state index contributed by atoms with van der Waals surface area (Å²) in [5.41, 5.74) is 0.749. The minimum atomic E-state index is -0.843. The lowest BCUT2D eigenvalue weighted by molar-refractivity contribution is -0.139. The van der Waals surface area contributed by atoms with Crippen molar-refractivity contribution in [1.82, 2.24) is 0 Å². The first-order valence-corrected chi connectivity index (χ1v) is 5.05. The maximum atomic E-state index is 11.1. The summed E-state index contributed by atoms with van der Waals surface area (Å²) in [5, 5.41) is 9.72. The molecule has 0 heterocycles. The van der Waals surface area contributed by atoms with Gasteiger partial charge in [-0.1, -0.05) is 36.7 Å². The fourth-order valence-electron chi connectivity index (χ4n) is 1.48. The van der Waals surface area contributed by atoms with Gasteiger partial charge in [0.2, 0.25) is 0 Å². The Balaban J connectivity index is 3.04. The van der Waals surface area contributed by atoms with Crippen molar-refractivity contribution >= 4 is 17.6 Å². The van der Waals surface area contributed by atoms with Crippen LogP contribution < -0.4 is 0 Å². The summed E-state index contributed by atoms with van der Waals surface area (Å²) in [5.74, 6) is -1.51. The van der Waals surface area contributed by atoms with Gasteiger partial charge < -0.3 is 5.11 Å². The van der Waals surface area contributed by atoms with Crippen molar-refractivity contribution in [3.63, 3.8) is 0 Å². The van der Waals surface area contributed by atoms with Gasteiger partial charge in [-0.25, -0.2) is 0 Å². The van der Waals surface area contributed by atoms with Crippen LogP contribution in [0, 0.1) is 5.92 Å². The number of benzene rings is 1. The molecule has 2 nitrogen and oxygen atoms in total. The Hall–Kier alpha value is -1.28. The molecule has 80 valence electrons. The van der Waals surface area contributed by atoms with E-state index in [-0.39, 0.29) is 5.92 Å². The predicted molar refractivity (Wildman–Crippen MR) is 61.2 cm³/mol. The first kappa shape index (κ1) is 11.8. The van der Waals surface area contributed by atoms with E-state index in [1.54, 1.807) is 30.3 Å². The van der Waals surface area contributed by atoms with Gasteiger partial charge in [-0.3, -0.25) is 4.79 Å². The Morgan fingerprint density at radius 2 is 2.00 bits per heavy atom. The van der Waals surface area contributed by atoms with Crippen LogP contribution in [0.4, 0.5) is 0 Å². The zero-order valence-electron chi connectivity index (χ0n) is 8.48. The summed E-state index contributed by atoms with van der Waals surface area (Å²) in [6.07, 6.45) is 1.65. The topological polar surface area (TPSA) is 37.3 Å². The molecule has 0 radical (unpaired) electrons. The highest BCUT2D eigenvalue weighted by Gasteiger charge is 2.24. The molecule has 1 aromatic carbocycles. The van der Waals surface area contributed by atoms with Gasteiger partial charge in [0.05, 0.1) is 5.92 Å². The van der Waals surface area contributed by atoms with Crippen molar-refractivity contribution in [2.24, 2.45) is 5.92 Å². The van der Waals surface area contributed by atoms with Crippen molar-refractivity contribution < 1.29 is 9.90 Å². The molecule has 0 aliphatic carbocycles. The Morgan fingerprint density at radius 3 is 2.40 bits per heavy atom. The van der Waals surface area contributed by atoms with Gasteiger partial charge in [-0.15, -0.1) is 6.58 Å². The molecule has 0 aliphatic rings. The molecule has 3 heteroatoms. The summed E-state index contributed by atoms with van der Waals surface area (Å²) < 4.78 is 0. The van der Waals surface area contributed by atoms with Crippen LogP contribution >= 0.6 is 11.6 Å². The van der Waals surface area contributed by atoms with Crippen LogP contribution in [0.5, 0.6) is 0 Å². The van der Waals surface area contributed by atoms with E-state index < -0.39 is 11.9 Å². The summed E-state index contributed by atoms with van der Waals surface area (Å²) in [4.78, 5) is 11.1. The smallest absolute Gasteiger partial charge is 0.311 e. The first-order valence-electron chi connectivity index (χ1n) is 4.67. The van der Waals surface area contributed by atoms with Crippen LogP contribution in [-0.2, 0) is 4.79 Å². The van der Waals surface area contributed by atoms with E-state index in [2.05, 4.69) is 6.58 Å². The Kier molecular flexibility index (Phi) is 3.92. The quantitative estimate of drug-likeness (QED) is 0.797. The molecule has 0 fully saturated rings. The fourth-order valence-corrected chi connectivity index (χ4v) is 1.60. The van der Waals surface area contributed by atoms with E-state index in [0.29, 0.717) is 5.02 Å². The molecular formula is C12H13ClO2. The van der Waals surface area contributed by atoms with Crippen molar-refractivity contribution in [3.8, 4) is 0 Å². The van der Waals surface area contributed by atoms with Gasteiger partial charge in [0, 0.05) is 5.02 Å². The second kappa shape index (κ2) is 4.99. The average Bonchev–Trinajstić information content (AvgIpc) is 2.20. The molecule has 1 rings (SSSR count). The zero-order chi connectivity index (χ0) is 11.4. The minimum Gasteiger partial charge on any atom is -0.481 e. The maximum Gasteiger partial charge on any atom is 0.311 e. The molecule has 0 saturated carbocycles. The van der Waals surface area contributed by atoms with E-state index in [1.807, 2.05) is 6.92 Å². The highest BCUT2D eigenvalue weighted by Crippen LogP contribution is 2.26. The number of allylic oxidation sites excluding steroid dienone is 1. The molecule has 1 N–H and O–H groups in total. The van der Waals surface area contributed by atoms with Crippen LogP contribution in [0.3, 0.4) is 0 Å². The summed E-state index contributed by atoms with van der Waals surface area (Å²) in [6.45, 7) is 5.45. The van der Waals surface area contributed by atoms with E-state index in [1.165, 1.54) is 0 Å². The minimum absolute atomic E-state index is 0.108. The number of aliphatic carboxylic acids is 1. The standard InChI is InChI=1S/C12H13ClO2/c1-3-8(2)11(12(14)15)9-4-6-10(13)7-5-9/h3-8,11H,1H2,2H3,(H,14,15). The normalized spacial score (nSPS) is 14.3. The van der Waals surface area contributed by atoms with E-state index in [9.17, 15) is 4.79 Å². The second-order valence-corrected chi connectivity index (χ2v) is 3.90. The Labute approximate surface area is 94.2 Å². The van der Waals surface area contributed by atoms with Crippen molar-refractivity contribution in [3.05, 3.63) is 47.5 Å². The van der Waals surface area contributed by atoms with Gasteiger partial charge >= 0.3 is 5.97 Å². The third-order valence-corrected chi connectivity index (χ3v) is 2.64. The number of hydrogen-bond donors (Lipinski definition) is 1. The van der Waals surface area contributed by atoms with Crippen LogP contribution in [-0.4, -0.2) is 11.1 Å². The molecule has 0 spiro atoms. The Bertz CT molecular complexity index is 356. The Morgan fingerprint density at radius 1 is 1.47 bits per heavy atom. The monoisotopic (exact) mass is 224 g/mol. The second-order valence-electron chi connectivity index (χ2n) is 3.46. The number of carboxylic acids is 1. The molecule has 2 atom stereocenters. The SMILES string of the molecule is C=CC(C)C(C(=O)O)c1ccc(Cl)cc1. The van der Waals surface area contributed by atoms with Gasteiger partial charge in [0.1, 0.15) is 0 Å². The molecule has 15 heavy (non-hydrogen) atoms. The summed E-state index contributed by atoms with van der Waals surface area (Å²) in [7, 11) is 0. The predicted octanol–water partition coefficient (Wildman–Crippen LogP) is 3.33. The van der Waals surface area contributed by atoms with Crippen LogP contribution in [0.1, 0.15) is 18.4 Å². The molecule has 0 aromatic heterocycles. The lowest BCUT2D eigenvalue weighted by Crippen LogP contribution is -2.17. The number of carboxylic acid groups (broad SMARTS) is 1. The number of carbonyl (C=O) groups is 1. The third kappa shape index (κ3) is 2.83. The largest absolute Gasteiger partial charge is 0.481 e. The van der Waals surface area contributed by atoms with Crippen LogP contribution in [0.25, 0.3) is 0 Å². The maximum absolute atomic E-state index is 11.1. The van der Waals surface area contributed by atoms with E-state index in [4.69, 9.17) is 16.7 Å². The van der Waals surface area contributed by atoms with Crippen LogP contribution in [0.2, 0.25) is 5.02 Å².